The van der Waals surface area contributed by atoms with E-state index in [1.807, 2.05) is 44.6 Å². The molecule has 2 aromatic heterocycles. The van der Waals surface area contributed by atoms with Gasteiger partial charge in [-0.05, 0) is 83.7 Å². The SMILES string of the molecule is CC/C(=C(\c1ccc(O)cc1)c1ccc(N(C)CCNC)nc1)c1ccc2oc(Cl)cc2c1. The van der Waals surface area contributed by atoms with Gasteiger partial charge in [-0.25, -0.2) is 4.98 Å². The number of hydrogen-bond acceptors (Lipinski definition) is 5. The second-order valence-corrected chi connectivity index (χ2v) is 8.36. The quantitative estimate of drug-likeness (QED) is 0.305. The number of aromatic nitrogens is 1. The zero-order valence-corrected chi connectivity index (χ0v) is 19.9. The van der Waals surface area contributed by atoms with Crippen LogP contribution in [0.3, 0.4) is 0 Å². The molecule has 0 amide bonds. The first-order chi connectivity index (χ1) is 16.0. The Labute approximate surface area is 199 Å². The summed E-state index contributed by atoms with van der Waals surface area (Å²) in [5.41, 5.74) is 6.17. The number of rotatable bonds is 8. The Morgan fingerprint density at radius 1 is 1.03 bits per heavy atom. The van der Waals surface area contributed by atoms with E-state index in [-0.39, 0.29) is 5.75 Å². The summed E-state index contributed by atoms with van der Waals surface area (Å²) in [7, 11) is 3.99. The maximum Gasteiger partial charge on any atom is 0.194 e. The maximum atomic E-state index is 9.85. The number of nitrogens with one attached hydrogen (secondary N) is 1. The molecule has 0 bridgehead atoms. The summed E-state index contributed by atoms with van der Waals surface area (Å²) in [5.74, 6) is 1.16. The van der Waals surface area contributed by atoms with Gasteiger partial charge in [0.1, 0.15) is 17.2 Å². The van der Waals surface area contributed by atoms with Crippen LogP contribution in [-0.4, -0.2) is 37.3 Å². The molecule has 0 unspecified atom stereocenters. The second kappa shape index (κ2) is 10.1. The number of allylic oxidation sites excluding steroid dienone is 1. The Balaban J connectivity index is 1.84. The lowest BCUT2D eigenvalue weighted by atomic mass is 9.88. The van der Waals surface area contributed by atoms with Crippen molar-refractivity contribution in [1.29, 1.82) is 0 Å². The van der Waals surface area contributed by atoms with Crippen LogP contribution in [-0.2, 0) is 0 Å². The standard InChI is InChI=1S/C27H28ClN3O2/c1-4-23(19-7-11-24-21(15-19)16-25(28)33-24)27(18-5-9-22(32)10-6-18)20-8-12-26(30-17-20)31(3)14-13-29-2/h5-12,15-17,29,32H,4,13-14H2,1-3H3/b27-23-. The fourth-order valence-corrected chi connectivity index (χ4v) is 4.22. The van der Waals surface area contributed by atoms with Crippen LogP contribution < -0.4 is 10.2 Å². The summed E-state index contributed by atoms with van der Waals surface area (Å²) >= 11 is 6.07. The molecule has 0 atom stereocenters. The molecule has 5 nitrogen and oxygen atoms in total. The van der Waals surface area contributed by atoms with Gasteiger partial charge in [0, 0.05) is 43.4 Å². The summed E-state index contributed by atoms with van der Waals surface area (Å²) < 4.78 is 5.55. The average Bonchev–Trinajstić information content (AvgIpc) is 3.21. The number of likely N-dealkylation sites (N-methyl/N-ethyl adjacent to an activating group) is 2. The lowest BCUT2D eigenvalue weighted by Crippen LogP contribution is -2.27. The maximum absolute atomic E-state index is 9.85. The molecule has 4 aromatic rings. The van der Waals surface area contributed by atoms with E-state index < -0.39 is 0 Å². The van der Waals surface area contributed by atoms with Crippen LogP contribution >= 0.6 is 11.6 Å². The first-order valence-corrected chi connectivity index (χ1v) is 11.4. The van der Waals surface area contributed by atoms with E-state index in [4.69, 9.17) is 21.0 Å². The lowest BCUT2D eigenvalue weighted by Gasteiger charge is -2.20. The van der Waals surface area contributed by atoms with Crippen LogP contribution in [0.4, 0.5) is 5.82 Å². The zero-order chi connectivity index (χ0) is 23.4. The first kappa shape index (κ1) is 22.9. The van der Waals surface area contributed by atoms with Crippen LogP contribution in [0.15, 0.2) is 71.3 Å². The monoisotopic (exact) mass is 461 g/mol. The van der Waals surface area contributed by atoms with Crippen molar-refractivity contribution in [3.05, 3.63) is 88.8 Å². The smallest absolute Gasteiger partial charge is 0.194 e. The van der Waals surface area contributed by atoms with Crippen LogP contribution in [0.2, 0.25) is 5.22 Å². The van der Waals surface area contributed by atoms with Gasteiger partial charge in [-0.3, -0.25) is 0 Å². The fraction of sp³-hybridized carbons (Fsp3) is 0.222. The average molecular weight is 462 g/mol. The number of benzene rings is 2. The minimum absolute atomic E-state index is 0.241. The topological polar surface area (TPSA) is 61.5 Å². The van der Waals surface area contributed by atoms with E-state index in [0.717, 1.165) is 58.6 Å². The molecular weight excluding hydrogens is 434 g/mol. The number of phenols is 1. The van der Waals surface area contributed by atoms with Crippen molar-refractivity contribution in [3.63, 3.8) is 0 Å². The number of fused-ring (bicyclic) bond motifs is 1. The third-order valence-corrected chi connectivity index (χ3v) is 5.96. The Bertz CT molecular complexity index is 1260. The highest BCUT2D eigenvalue weighted by molar-refractivity contribution is 6.29. The van der Waals surface area contributed by atoms with Crippen molar-refractivity contribution in [1.82, 2.24) is 10.3 Å². The van der Waals surface area contributed by atoms with E-state index in [1.165, 1.54) is 5.57 Å². The van der Waals surface area contributed by atoms with Crippen molar-refractivity contribution < 1.29 is 9.52 Å². The van der Waals surface area contributed by atoms with Crippen molar-refractivity contribution in [2.24, 2.45) is 0 Å². The van der Waals surface area contributed by atoms with Crippen molar-refractivity contribution in [2.75, 3.05) is 32.1 Å². The highest BCUT2D eigenvalue weighted by Crippen LogP contribution is 2.36. The van der Waals surface area contributed by atoms with E-state index in [0.29, 0.717) is 5.22 Å². The van der Waals surface area contributed by atoms with Crippen molar-refractivity contribution >= 4 is 39.5 Å². The molecular formula is C27H28ClN3O2. The van der Waals surface area contributed by atoms with Crippen molar-refractivity contribution in [2.45, 2.75) is 13.3 Å². The molecule has 0 aliphatic heterocycles. The van der Waals surface area contributed by atoms with E-state index >= 15 is 0 Å². The van der Waals surface area contributed by atoms with Gasteiger partial charge < -0.3 is 19.7 Å². The summed E-state index contributed by atoms with van der Waals surface area (Å²) in [4.78, 5) is 6.87. The van der Waals surface area contributed by atoms with Gasteiger partial charge in [0.05, 0.1) is 0 Å². The third kappa shape index (κ3) is 5.05. The number of hydrogen-bond donors (Lipinski definition) is 2. The van der Waals surface area contributed by atoms with Gasteiger partial charge in [0.25, 0.3) is 0 Å². The molecule has 4 rings (SSSR count). The molecule has 2 N–H and O–H groups in total. The number of halogens is 1. The minimum atomic E-state index is 0.241. The van der Waals surface area contributed by atoms with Crippen LogP contribution in [0.1, 0.15) is 30.0 Å². The third-order valence-electron chi connectivity index (χ3n) is 5.77. The largest absolute Gasteiger partial charge is 0.508 e. The number of pyridine rings is 1. The predicted molar refractivity (Wildman–Crippen MR) is 137 cm³/mol. The number of nitrogens with zero attached hydrogens (tertiary/aromatic N) is 2. The number of anilines is 1. The Morgan fingerprint density at radius 2 is 1.76 bits per heavy atom. The Hall–Kier alpha value is -3.28. The van der Waals surface area contributed by atoms with Crippen LogP contribution in [0, 0.1) is 0 Å². The summed E-state index contributed by atoms with van der Waals surface area (Å²) in [6.45, 7) is 3.91. The fourth-order valence-electron chi connectivity index (χ4n) is 4.02. The first-order valence-electron chi connectivity index (χ1n) is 11.0. The molecule has 2 heterocycles. The van der Waals surface area contributed by atoms with E-state index in [9.17, 15) is 5.11 Å². The lowest BCUT2D eigenvalue weighted by molar-refractivity contribution is 0.475. The Morgan fingerprint density at radius 3 is 2.42 bits per heavy atom. The van der Waals surface area contributed by atoms with Gasteiger partial charge >= 0.3 is 0 Å². The molecule has 0 fully saturated rings. The second-order valence-electron chi connectivity index (χ2n) is 7.99. The number of aromatic hydroxyl groups is 1. The zero-order valence-electron chi connectivity index (χ0n) is 19.1. The van der Waals surface area contributed by atoms with Gasteiger partial charge in [0.2, 0.25) is 0 Å². The van der Waals surface area contributed by atoms with Crippen molar-refractivity contribution in [3.8, 4) is 5.75 Å². The molecule has 33 heavy (non-hydrogen) atoms. The van der Waals surface area contributed by atoms with Gasteiger partial charge in [-0.1, -0.05) is 25.1 Å². The highest BCUT2D eigenvalue weighted by Gasteiger charge is 2.15. The molecule has 0 spiro atoms. The minimum Gasteiger partial charge on any atom is -0.508 e. The molecule has 0 aliphatic carbocycles. The molecule has 0 radical (unpaired) electrons. The van der Waals surface area contributed by atoms with Gasteiger partial charge in [-0.2, -0.15) is 0 Å². The van der Waals surface area contributed by atoms with Crippen LogP contribution in [0.5, 0.6) is 5.75 Å². The normalized spacial score (nSPS) is 12.1. The Kier molecular flexibility index (Phi) is 7.02. The summed E-state index contributed by atoms with van der Waals surface area (Å²) in [6, 6.07) is 19.5. The molecule has 170 valence electrons. The summed E-state index contributed by atoms with van der Waals surface area (Å²) in [6.07, 6.45) is 2.74. The molecule has 0 saturated heterocycles. The van der Waals surface area contributed by atoms with Crippen LogP contribution in [0.25, 0.3) is 22.1 Å². The molecule has 2 aromatic carbocycles. The highest BCUT2D eigenvalue weighted by atomic mass is 35.5. The van der Waals surface area contributed by atoms with Gasteiger partial charge in [-0.15, -0.1) is 0 Å². The number of phenolic OH excluding ortho intramolecular Hbond substituents is 1. The molecule has 0 aliphatic rings. The van der Waals surface area contributed by atoms with E-state index in [1.54, 1.807) is 12.1 Å². The predicted octanol–water partition coefficient (Wildman–Crippen LogP) is 6.21. The molecule has 6 heteroatoms. The van der Waals surface area contributed by atoms with Gasteiger partial charge in [0.15, 0.2) is 5.22 Å². The van der Waals surface area contributed by atoms with E-state index in [2.05, 4.69) is 41.4 Å². The molecule has 0 saturated carbocycles. The summed E-state index contributed by atoms with van der Waals surface area (Å²) in [5, 5.41) is 14.4. The number of furan rings is 1.